The predicted octanol–water partition coefficient (Wildman–Crippen LogP) is 6.41. The lowest BCUT2D eigenvalue weighted by Crippen LogP contribution is -2.29. The first kappa shape index (κ1) is 29.8. The maximum atomic E-state index is 12.9. The highest BCUT2D eigenvalue weighted by molar-refractivity contribution is 6.67. The second kappa shape index (κ2) is 14.3. The first-order chi connectivity index (χ1) is 18.0. The molecule has 200 valence electrons. The van der Waals surface area contributed by atoms with Crippen LogP contribution in [0, 0.1) is 25.2 Å². The van der Waals surface area contributed by atoms with E-state index in [1.807, 2.05) is 68.4 Å². The van der Waals surface area contributed by atoms with E-state index in [9.17, 15) is 9.90 Å². The molecule has 0 aromatic heterocycles. The fourth-order valence-corrected chi connectivity index (χ4v) is 3.72. The number of phenols is 1. The molecule has 38 heavy (non-hydrogen) atoms. The summed E-state index contributed by atoms with van der Waals surface area (Å²) in [5, 5.41) is 32.8. The van der Waals surface area contributed by atoms with Crippen LogP contribution in [-0.4, -0.2) is 34.0 Å². The Morgan fingerprint density at radius 2 is 1.71 bits per heavy atom. The van der Waals surface area contributed by atoms with Crippen molar-refractivity contribution in [2.75, 3.05) is 10.7 Å². The first-order valence-electron chi connectivity index (χ1n) is 12.3. The van der Waals surface area contributed by atoms with E-state index in [1.165, 1.54) is 12.5 Å². The smallest absolute Gasteiger partial charge is 0.290 e. The number of hydrogen-bond donors (Lipinski definition) is 5. The number of aryl methyl sites for hydroxylation is 3. The topological polar surface area (TPSA) is 135 Å². The third-order valence-corrected chi connectivity index (χ3v) is 5.66. The van der Waals surface area contributed by atoms with Gasteiger partial charge in [0.15, 0.2) is 5.71 Å². The quantitative estimate of drug-likeness (QED) is 0.0969. The number of carboxylic acid groups (broad SMARTS) is 1. The van der Waals surface area contributed by atoms with E-state index in [0.29, 0.717) is 22.9 Å². The molecule has 0 saturated heterocycles. The second-order valence-electron chi connectivity index (χ2n) is 9.46. The van der Waals surface area contributed by atoms with Crippen molar-refractivity contribution >= 4 is 35.2 Å². The second-order valence-corrected chi connectivity index (χ2v) is 9.46. The minimum atomic E-state index is -0.494. The molecule has 8 nitrogen and oxygen atoms in total. The largest absolute Gasteiger partial charge is 0.505 e. The highest BCUT2D eigenvalue weighted by atomic mass is 16.3. The van der Waals surface area contributed by atoms with Crippen LogP contribution in [0.5, 0.6) is 5.75 Å². The van der Waals surface area contributed by atoms with Crippen molar-refractivity contribution in [1.29, 1.82) is 5.41 Å². The van der Waals surface area contributed by atoms with Crippen LogP contribution in [0.4, 0.5) is 11.4 Å². The third-order valence-electron chi connectivity index (χ3n) is 5.66. The van der Waals surface area contributed by atoms with Gasteiger partial charge in [-0.3, -0.25) is 15.0 Å². The Morgan fingerprint density at radius 1 is 1.05 bits per heavy atom. The van der Waals surface area contributed by atoms with Gasteiger partial charge in [-0.05, 0) is 80.5 Å². The van der Waals surface area contributed by atoms with Gasteiger partial charge in [0.25, 0.3) is 12.4 Å². The molecule has 3 aromatic rings. The average Bonchev–Trinajstić information content (AvgIpc) is 2.85. The molecular formula is C30H36N4O4. The molecule has 0 spiro atoms. The number of carbonyl (C=O) groups excluding carboxylic acids is 1. The zero-order valence-electron chi connectivity index (χ0n) is 22.5. The fourth-order valence-electron chi connectivity index (χ4n) is 3.72. The zero-order valence-corrected chi connectivity index (χ0v) is 22.5. The number of nitrogens with one attached hydrogen (secondary N) is 3. The number of nitrogens with zero attached hydrogens (tertiary/aromatic N) is 1. The van der Waals surface area contributed by atoms with Gasteiger partial charge in [0.1, 0.15) is 5.75 Å². The molecule has 0 saturated carbocycles. The third kappa shape index (κ3) is 8.89. The minimum Gasteiger partial charge on any atom is -0.505 e. The van der Waals surface area contributed by atoms with Gasteiger partial charge in [-0.15, -0.1) is 0 Å². The van der Waals surface area contributed by atoms with Crippen molar-refractivity contribution in [3.05, 3.63) is 77.4 Å². The van der Waals surface area contributed by atoms with Crippen LogP contribution in [0.25, 0.3) is 11.1 Å². The Hall–Kier alpha value is -4.46. The monoisotopic (exact) mass is 516 g/mol. The Labute approximate surface area is 223 Å². The molecule has 0 heterocycles. The van der Waals surface area contributed by atoms with Crippen LogP contribution in [0.2, 0.25) is 0 Å². The number of hydrazone groups is 1. The summed E-state index contributed by atoms with van der Waals surface area (Å²) in [6, 6.07) is 19.2. The van der Waals surface area contributed by atoms with Gasteiger partial charge in [0.05, 0.1) is 11.4 Å². The summed E-state index contributed by atoms with van der Waals surface area (Å²) in [5.74, 6) is 0.173. The molecule has 0 bridgehead atoms. The normalized spacial score (nSPS) is 10.8. The van der Waals surface area contributed by atoms with Crippen LogP contribution in [0.3, 0.4) is 0 Å². The summed E-state index contributed by atoms with van der Waals surface area (Å²) in [6.07, 6.45) is 2.10. The van der Waals surface area contributed by atoms with Gasteiger partial charge in [-0.2, -0.15) is 5.10 Å². The van der Waals surface area contributed by atoms with Crippen molar-refractivity contribution in [2.45, 2.75) is 47.5 Å². The Balaban J connectivity index is 0.00000161. The lowest BCUT2D eigenvalue weighted by molar-refractivity contribution is -0.122. The predicted molar refractivity (Wildman–Crippen MR) is 154 cm³/mol. The van der Waals surface area contributed by atoms with Crippen LogP contribution >= 0.6 is 0 Å². The fraction of sp³-hybridized carbons (Fsp3) is 0.267. The minimum absolute atomic E-state index is 0.00889. The molecule has 8 heteroatoms. The summed E-state index contributed by atoms with van der Waals surface area (Å²) in [5.41, 5.74) is 8.52. The molecule has 0 aliphatic carbocycles. The molecule has 5 N–H and O–H groups in total. The van der Waals surface area contributed by atoms with Crippen LogP contribution in [0.1, 0.15) is 43.9 Å². The van der Waals surface area contributed by atoms with E-state index in [0.717, 1.165) is 29.5 Å². The van der Waals surface area contributed by atoms with E-state index in [1.54, 1.807) is 6.07 Å². The average molecular weight is 517 g/mol. The molecule has 0 radical (unpaired) electrons. The highest BCUT2D eigenvalue weighted by Crippen LogP contribution is 2.37. The Kier molecular flexibility index (Phi) is 11.2. The number of amides is 1. The molecule has 3 rings (SSSR count). The molecule has 3 aromatic carbocycles. The van der Waals surface area contributed by atoms with Gasteiger partial charge in [0, 0.05) is 11.3 Å². The summed E-state index contributed by atoms with van der Waals surface area (Å²) in [7, 11) is 0. The first-order valence-corrected chi connectivity index (χ1v) is 12.3. The van der Waals surface area contributed by atoms with Crippen molar-refractivity contribution in [1.82, 2.24) is 0 Å². The van der Waals surface area contributed by atoms with E-state index in [4.69, 9.17) is 15.3 Å². The van der Waals surface area contributed by atoms with Crippen molar-refractivity contribution in [3.8, 4) is 16.9 Å². The lowest BCUT2D eigenvalue weighted by atomic mass is 10.00. The van der Waals surface area contributed by atoms with Crippen molar-refractivity contribution < 1.29 is 19.8 Å². The molecule has 1 amide bonds. The van der Waals surface area contributed by atoms with E-state index >= 15 is 0 Å². The van der Waals surface area contributed by atoms with Crippen LogP contribution < -0.4 is 10.7 Å². The summed E-state index contributed by atoms with van der Waals surface area (Å²) in [4.78, 5) is 21.2. The van der Waals surface area contributed by atoms with Crippen molar-refractivity contribution in [2.24, 2.45) is 11.0 Å². The molecular weight excluding hydrogens is 480 g/mol. The Morgan fingerprint density at radius 3 is 2.29 bits per heavy atom. The van der Waals surface area contributed by atoms with E-state index < -0.39 is 5.91 Å². The van der Waals surface area contributed by atoms with Crippen LogP contribution in [0.15, 0.2) is 65.8 Å². The highest BCUT2D eigenvalue weighted by Gasteiger charge is 2.16. The van der Waals surface area contributed by atoms with Crippen molar-refractivity contribution in [3.63, 3.8) is 0 Å². The number of hydrogen-bond acceptors (Lipinski definition) is 6. The van der Waals surface area contributed by atoms with Gasteiger partial charge in [0.2, 0.25) is 0 Å². The maximum Gasteiger partial charge on any atom is 0.290 e. The number of carbonyl (C=O) groups is 2. The standard InChI is InChI=1S/C29H34N4O2.CH2O2/c1-18(2)9-10-22-11-13-24(14-12-22)31-29(35)27(21(5)30)33-32-26-17-20(4)16-25(28(26)34)23-8-6-7-19(3)15-23;2-1-3/h6-8,11-18,30,32,34H,9-10H2,1-5H3,(H,31,35);1H,(H,2,3)/b30-21?,33-27-;. The van der Waals surface area contributed by atoms with Gasteiger partial charge in [-0.25, -0.2) is 0 Å². The Bertz CT molecular complexity index is 1300. The number of benzene rings is 3. The summed E-state index contributed by atoms with van der Waals surface area (Å²) >= 11 is 0. The van der Waals surface area contributed by atoms with Gasteiger partial charge >= 0.3 is 0 Å². The summed E-state index contributed by atoms with van der Waals surface area (Å²) < 4.78 is 0. The van der Waals surface area contributed by atoms with Crippen LogP contribution in [-0.2, 0) is 16.0 Å². The molecule has 0 aliphatic heterocycles. The van der Waals surface area contributed by atoms with E-state index in [-0.39, 0.29) is 23.6 Å². The maximum absolute atomic E-state index is 12.9. The number of aromatic hydroxyl groups is 1. The molecule has 0 unspecified atom stereocenters. The SMILES string of the molecule is CC(=N)/C(=N/Nc1cc(C)cc(-c2cccc(C)c2)c1O)C(=O)Nc1ccc(CCC(C)C)cc1.O=CO. The number of anilines is 2. The van der Waals surface area contributed by atoms with E-state index in [2.05, 4.69) is 29.7 Å². The number of rotatable bonds is 9. The molecule has 0 fully saturated rings. The number of phenolic OH excluding ortho intramolecular Hbond substituents is 1. The van der Waals surface area contributed by atoms with Gasteiger partial charge < -0.3 is 20.9 Å². The van der Waals surface area contributed by atoms with Gasteiger partial charge in [-0.1, -0.05) is 55.8 Å². The zero-order chi connectivity index (χ0) is 28.2. The molecule has 0 atom stereocenters. The summed E-state index contributed by atoms with van der Waals surface area (Å²) in [6.45, 7) is 9.57. The lowest BCUT2D eigenvalue weighted by Gasteiger charge is -2.13. The molecule has 0 aliphatic rings.